The second-order valence-electron chi connectivity index (χ2n) is 5.31. The molecule has 0 radical (unpaired) electrons. The van der Waals surface area contributed by atoms with E-state index in [2.05, 4.69) is 10.8 Å². The molecule has 1 aromatic rings. The molecule has 0 bridgehead atoms. The summed E-state index contributed by atoms with van der Waals surface area (Å²) in [4.78, 5) is 17.0. The van der Waals surface area contributed by atoms with E-state index in [1.165, 1.54) is 0 Å². The quantitative estimate of drug-likeness (QED) is 0.833. The predicted molar refractivity (Wildman–Crippen MR) is 75.8 cm³/mol. The zero-order chi connectivity index (χ0) is 14.5. The molecule has 2 aliphatic heterocycles. The van der Waals surface area contributed by atoms with Crippen molar-refractivity contribution in [2.45, 2.75) is 38.0 Å². The molecule has 0 unspecified atom stereocenters. The van der Waals surface area contributed by atoms with Crippen molar-refractivity contribution in [3.63, 3.8) is 0 Å². The van der Waals surface area contributed by atoms with Gasteiger partial charge >= 0.3 is 6.03 Å². The number of hydrogen-bond acceptors (Lipinski definition) is 4. The van der Waals surface area contributed by atoms with Gasteiger partial charge in [-0.05, 0) is 30.9 Å². The lowest BCUT2D eigenvalue weighted by molar-refractivity contribution is -0.186. The normalized spacial score (nSPS) is 24.6. The first kappa shape index (κ1) is 14.2. The molecule has 6 nitrogen and oxygen atoms in total. The van der Waals surface area contributed by atoms with Crippen molar-refractivity contribution in [1.82, 2.24) is 10.8 Å². The van der Waals surface area contributed by atoms with Gasteiger partial charge in [-0.15, -0.1) is 0 Å². The van der Waals surface area contributed by atoms with Crippen LogP contribution in [-0.4, -0.2) is 31.6 Å². The summed E-state index contributed by atoms with van der Waals surface area (Å²) in [5.41, 5.74) is 3.50. The largest absolute Gasteiger partial charge is 0.491 e. The highest BCUT2D eigenvalue weighted by atomic mass is 16.8. The maximum Gasteiger partial charge on any atom is 0.339 e. The van der Waals surface area contributed by atoms with Gasteiger partial charge in [0.25, 0.3) is 0 Å². The third kappa shape index (κ3) is 3.86. The molecule has 2 heterocycles. The predicted octanol–water partition coefficient (Wildman–Crippen LogP) is 1.75. The maximum atomic E-state index is 11.8. The minimum absolute atomic E-state index is 0.0595. The van der Waals surface area contributed by atoms with Gasteiger partial charge in [0, 0.05) is 13.0 Å². The Morgan fingerprint density at radius 3 is 3.05 bits per heavy atom. The van der Waals surface area contributed by atoms with Crippen molar-refractivity contribution in [1.29, 1.82) is 0 Å². The molecular formula is C15H20N2O4. The lowest BCUT2D eigenvalue weighted by atomic mass is 10.0. The topological polar surface area (TPSA) is 68.8 Å². The summed E-state index contributed by atoms with van der Waals surface area (Å²) in [5, 5.41) is 2.84. The van der Waals surface area contributed by atoms with Crippen LogP contribution in [0, 0.1) is 0 Å². The molecule has 0 saturated carbocycles. The number of rotatable bonds is 3. The van der Waals surface area contributed by atoms with Crippen LogP contribution < -0.4 is 15.5 Å². The molecule has 0 aromatic heterocycles. The van der Waals surface area contributed by atoms with Gasteiger partial charge in [0.1, 0.15) is 12.4 Å². The molecule has 114 valence electrons. The summed E-state index contributed by atoms with van der Waals surface area (Å²) in [5.74, 6) is 0.891. The van der Waals surface area contributed by atoms with E-state index in [9.17, 15) is 4.79 Å². The van der Waals surface area contributed by atoms with Crippen molar-refractivity contribution < 1.29 is 19.1 Å². The lowest BCUT2D eigenvalue weighted by Crippen LogP contribution is -2.48. The van der Waals surface area contributed by atoms with E-state index in [4.69, 9.17) is 14.3 Å². The van der Waals surface area contributed by atoms with E-state index >= 15 is 0 Å². The Balaban J connectivity index is 1.43. The second-order valence-corrected chi connectivity index (χ2v) is 5.31. The van der Waals surface area contributed by atoms with Crippen LogP contribution in [0.3, 0.4) is 0 Å². The van der Waals surface area contributed by atoms with E-state index in [0.29, 0.717) is 13.2 Å². The van der Waals surface area contributed by atoms with Crippen molar-refractivity contribution in [2.75, 3.05) is 13.2 Å². The van der Waals surface area contributed by atoms with E-state index < -0.39 is 0 Å². The molecule has 0 spiro atoms. The van der Waals surface area contributed by atoms with Crippen molar-refractivity contribution in [3.05, 3.63) is 29.8 Å². The molecule has 3 rings (SSSR count). The summed E-state index contributed by atoms with van der Waals surface area (Å²) >= 11 is 0. The first-order valence-corrected chi connectivity index (χ1v) is 7.36. The number of urea groups is 1. The molecule has 2 aliphatic rings. The fourth-order valence-corrected chi connectivity index (χ4v) is 2.56. The number of carbonyl (C=O) groups is 1. The highest BCUT2D eigenvalue weighted by Gasteiger charge is 2.22. The SMILES string of the molecule is O=C(NO[C@H]1CCCCO1)N[C@@H]1COc2ccccc2C1. The van der Waals surface area contributed by atoms with E-state index in [0.717, 1.165) is 37.0 Å². The molecule has 1 saturated heterocycles. The summed E-state index contributed by atoms with van der Waals surface area (Å²) in [6.07, 6.45) is 3.32. The van der Waals surface area contributed by atoms with Gasteiger partial charge in [0.2, 0.25) is 0 Å². The molecule has 2 atom stereocenters. The standard InChI is InChI=1S/C15H20N2O4/c18-15(17-21-14-7-3-4-8-19-14)16-12-9-11-5-1-2-6-13(11)20-10-12/h1-2,5-6,12,14H,3-4,7-10H2,(H2,16,17,18)/t12-,14-/m0/s1. The average molecular weight is 292 g/mol. The number of amides is 2. The number of carbonyl (C=O) groups excluding carboxylic acids is 1. The van der Waals surface area contributed by atoms with Gasteiger partial charge < -0.3 is 14.8 Å². The molecule has 2 amide bonds. The van der Waals surface area contributed by atoms with Crippen LogP contribution in [0.2, 0.25) is 0 Å². The van der Waals surface area contributed by atoms with Gasteiger partial charge in [-0.3, -0.25) is 0 Å². The van der Waals surface area contributed by atoms with Crippen LogP contribution in [0.4, 0.5) is 4.79 Å². The number of para-hydroxylation sites is 1. The summed E-state index contributed by atoms with van der Waals surface area (Å²) < 4.78 is 11.0. The van der Waals surface area contributed by atoms with Crippen molar-refractivity contribution in [2.24, 2.45) is 0 Å². The number of fused-ring (bicyclic) bond motifs is 1. The summed E-state index contributed by atoms with van der Waals surface area (Å²) in [7, 11) is 0. The Kier molecular flexibility index (Phi) is 4.57. The van der Waals surface area contributed by atoms with Crippen molar-refractivity contribution in [3.8, 4) is 5.75 Å². The third-order valence-electron chi connectivity index (χ3n) is 3.64. The van der Waals surface area contributed by atoms with Crippen LogP contribution in [0.5, 0.6) is 5.75 Å². The molecule has 21 heavy (non-hydrogen) atoms. The van der Waals surface area contributed by atoms with Gasteiger partial charge in [0.05, 0.1) is 6.04 Å². The first-order chi connectivity index (χ1) is 10.3. The number of ether oxygens (including phenoxy) is 2. The molecule has 1 fully saturated rings. The summed E-state index contributed by atoms with van der Waals surface area (Å²) in [6.45, 7) is 1.14. The molecular weight excluding hydrogens is 272 g/mol. The van der Waals surface area contributed by atoms with Crippen LogP contribution in [0.15, 0.2) is 24.3 Å². The van der Waals surface area contributed by atoms with Gasteiger partial charge in [-0.25, -0.2) is 15.1 Å². The second kappa shape index (κ2) is 6.78. The Morgan fingerprint density at radius 2 is 2.19 bits per heavy atom. The number of nitrogens with one attached hydrogen (secondary N) is 2. The highest BCUT2D eigenvalue weighted by Crippen LogP contribution is 2.23. The zero-order valence-corrected chi connectivity index (χ0v) is 11.8. The fraction of sp³-hybridized carbons (Fsp3) is 0.533. The van der Waals surface area contributed by atoms with Crippen LogP contribution in [0.1, 0.15) is 24.8 Å². The van der Waals surface area contributed by atoms with E-state index in [1.807, 2.05) is 24.3 Å². The van der Waals surface area contributed by atoms with Crippen LogP contribution in [-0.2, 0) is 16.0 Å². The fourth-order valence-electron chi connectivity index (χ4n) is 2.56. The van der Waals surface area contributed by atoms with Gasteiger partial charge in [0.15, 0.2) is 6.29 Å². The van der Waals surface area contributed by atoms with Crippen LogP contribution >= 0.6 is 0 Å². The molecule has 6 heteroatoms. The Hall–Kier alpha value is -1.79. The highest BCUT2D eigenvalue weighted by molar-refractivity contribution is 5.73. The smallest absolute Gasteiger partial charge is 0.339 e. The maximum absolute atomic E-state index is 11.8. The number of hydroxylamine groups is 1. The molecule has 1 aromatic carbocycles. The van der Waals surface area contributed by atoms with Crippen LogP contribution in [0.25, 0.3) is 0 Å². The van der Waals surface area contributed by atoms with E-state index in [1.54, 1.807) is 0 Å². The average Bonchev–Trinajstić information content (AvgIpc) is 2.54. The Bertz CT molecular complexity index is 488. The number of benzene rings is 1. The molecule has 2 N–H and O–H groups in total. The summed E-state index contributed by atoms with van der Waals surface area (Å²) in [6, 6.07) is 7.43. The third-order valence-corrected chi connectivity index (χ3v) is 3.64. The Morgan fingerprint density at radius 1 is 1.29 bits per heavy atom. The van der Waals surface area contributed by atoms with E-state index in [-0.39, 0.29) is 18.4 Å². The zero-order valence-electron chi connectivity index (χ0n) is 11.8. The molecule has 0 aliphatic carbocycles. The Labute approximate surface area is 123 Å². The lowest BCUT2D eigenvalue weighted by Gasteiger charge is -2.27. The van der Waals surface area contributed by atoms with Gasteiger partial charge in [-0.1, -0.05) is 18.2 Å². The first-order valence-electron chi connectivity index (χ1n) is 7.36. The number of hydrogen-bond donors (Lipinski definition) is 2. The minimum atomic E-state index is -0.364. The van der Waals surface area contributed by atoms with Crippen molar-refractivity contribution >= 4 is 6.03 Å². The van der Waals surface area contributed by atoms with Gasteiger partial charge in [-0.2, -0.15) is 0 Å². The minimum Gasteiger partial charge on any atom is -0.491 e. The monoisotopic (exact) mass is 292 g/mol.